The quantitative estimate of drug-likeness (QED) is 0.574. The SMILES string of the molecule is CC[C@@H]1C(=O)N(c2ccc(OC)cc2)[C@H](c2ccccc2OC)[C@H]1[N+](=O)[O-]. The molecule has 27 heavy (non-hydrogen) atoms. The van der Waals surface area contributed by atoms with Crippen molar-refractivity contribution in [2.45, 2.75) is 25.4 Å². The lowest BCUT2D eigenvalue weighted by Gasteiger charge is -2.26. The molecule has 142 valence electrons. The Morgan fingerprint density at radius 2 is 1.74 bits per heavy atom. The molecule has 1 saturated heterocycles. The zero-order valence-electron chi connectivity index (χ0n) is 15.5. The maximum atomic E-state index is 13.1. The molecule has 0 radical (unpaired) electrons. The number of nitrogens with zero attached hydrogens (tertiary/aromatic N) is 2. The predicted molar refractivity (Wildman–Crippen MR) is 101 cm³/mol. The van der Waals surface area contributed by atoms with Crippen LogP contribution >= 0.6 is 0 Å². The topological polar surface area (TPSA) is 81.9 Å². The van der Waals surface area contributed by atoms with Gasteiger partial charge in [-0.2, -0.15) is 0 Å². The number of ether oxygens (including phenoxy) is 2. The Kier molecular flexibility index (Phi) is 5.30. The summed E-state index contributed by atoms with van der Waals surface area (Å²) < 4.78 is 10.6. The molecule has 0 saturated carbocycles. The Hall–Kier alpha value is -3.09. The van der Waals surface area contributed by atoms with Crippen molar-refractivity contribution in [3.63, 3.8) is 0 Å². The number of carbonyl (C=O) groups excluding carboxylic acids is 1. The lowest BCUT2D eigenvalue weighted by atomic mass is 9.92. The molecule has 1 fully saturated rings. The monoisotopic (exact) mass is 370 g/mol. The molecule has 0 spiro atoms. The van der Waals surface area contributed by atoms with Gasteiger partial charge < -0.3 is 9.47 Å². The van der Waals surface area contributed by atoms with Gasteiger partial charge in [0.25, 0.3) is 0 Å². The van der Waals surface area contributed by atoms with Gasteiger partial charge in [-0.3, -0.25) is 19.8 Å². The van der Waals surface area contributed by atoms with Gasteiger partial charge in [0.05, 0.1) is 14.2 Å². The first kappa shape index (κ1) is 18.7. The average molecular weight is 370 g/mol. The molecule has 0 aromatic heterocycles. The Morgan fingerprint density at radius 1 is 1.07 bits per heavy atom. The minimum atomic E-state index is -1.05. The molecule has 1 heterocycles. The molecule has 1 aliphatic rings. The van der Waals surface area contributed by atoms with Crippen LogP contribution in [0.5, 0.6) is 11.5 Å². The van der Waals surface area contributed by atoms with Gasteiger partial charge in [-0.15, -0.1) is 0 Å². The lowest BCUT2D eigenvalue weighted by molar-refractivity contribution is -0.530. The van der Waals surface area contributed by atoms with Crippen LogP contribution < -0.4 is 14.4 Å². The molecular formula is C20H22N2O5. The highest BCUT2D eigenvalue weighted by atomic mass is 16.6. The summed E-state index contributed by atoms with van der Waals surface area (Å²) in [5, 5.41) is 11.9. The van der Waals surface area contributed by atoms with Crippen molar-refractivity contribution in [1.29, 1.82) is 0 Å². The van der Waals surface area contributed by atoms with Gasteiger partial charge in [-0.25, -0.2) is 0 Å². The van der Waals surface area contributed by atoms with E-state index >= 15 is 0 Å². The summed E-state index contributed by atoms with van der Waals surface area (Å²) in [5.74, 6) is 0.229. The second-order valence-electron chi connectivity index (χ2n) is 6.38. The van der Waals surface area contributed by atoms with E-state index in [0.717, 1.165) is 0 Å². The van der Waals surface area contributed by atoms with E-state index in [1.54, 1.807) is 62.6 Å². The number of hydrogen-bond donors (Lipinski definition) is 0. The second-order valence-corrected chi connectivity index (χ2v) is 6.38. The van der Waals surface area contributed by atoms with Gasteiger partial charge in [0.15, 0.2) is 0 Å². The molecule has 0 aliphatic carbocycles. The van der Waals surface area contributed by atoms with E-state index in [4.69, 9.17) is 9.47 Å². The van der Waals surface area contributed by atoms with Crippen LogP contribution in [-0.4, -0.2) is 31.1 Å². The molecule has 0 N–H and O–H groups in total. The Morgan fingerprint density at radius 3 is 2.30 bits per heavy atom. The molecule has 2 aromatic rings. The van der Waals surface area contributed by atoms with Gasteiger partial charge in [0.2, 0.25) is 11.9 Å². The van der Waals surface area contributed by atoms with Crippen molar-refractivity contribution in [2.24, 2.45) is 5.92 Å². The number of anilines is 1. The number of nitro groups is 1. The summed E-state index contributed by atoms with van der Waals surface area (Å²) in [6, 6.07) is 12.3. The van der Waals surface area contributed by atoms with Crippen molar-refractivity contribution >= 4 is 11.6 Å². The van der Waals surface area contributed by atoms with E-state index in [-0.39, 0.29) is 10.8 Å². The van der Waals surface area contributed by atoms with Gasteiger partial charge in [0.1, 0.15) is 23.5 Å². The summed E-state index contributed by atoms with van der Waals surface area (Å²) in [4.78, 5) is 26.3. The van der Waals surface area contributed by atoms with E-state index in [1.165, 1.54) is 12.0 Å². The zero-order chi connectivity index (χ0) is 19.6. The van der Waals surface area contributed by atoms with Crippen LogP contribution in [0.25, 0.3) is 0 Å². The van der Waals surface area contributed by atoms with Crippen molar-refractivity contribution in [1.82, 2.24) is 0 Å². The van der Waals surface area contributed by atoms with E-state index in [2.05, 4.69) is 0 Å². The number of rotatable bonds is 6. The molecule has 1 amide bonds. The fourth-order valence-electron chi connectivity index (χ4n) is 3.78. The Bertz CT molecular complexity index is 837. The summed E-state index contributed by atoms with van der Waals surface area (Å²) in [7, 11) is 3.08. The average Bonchev–Trinajstić information content (AvgIpc) is 3.00. The Labute approximate surface area is 157 Å². The largest absolute Gasteiger partial charge is 0.497 e. The van der Waals surface area contributed by atoms with Gasteiger partial charge in [-0.05, 0) is 36.8 Å². The van der Waals surface area contributed by atoms with Crippen LogP contribution in [0, 0.1) is 16.0 Å². The van der Waals surface area contributed by atoms with Crippen LogP contribution in [0.15, 0.2) is 48.5 Å². The van der Waals surface area contributed by atoms with Crippen LogP contribution in [0.1, 0.15) is 24.9 Å². The third-order valence-corrected chi connectivity index (χ3v) is 5.06. The minimum absolute atomic E-state index is 0.250. The van der Waals surface area contributed by atoms with Crippen molar-refractivity contribution < 1.29 is 19.2 Å². The third kappa shape index (κ3) is 3.20. The molecular weight excluding hydrogens is 348 g/mol. The molecule has 1 aliphatic heterocycles. The molecule has 7 nitrogen and oxygen atoms in total. The maximum Gasteiger partial charge on any atom is 0.249 e. The molecule has 2 aromatic carbocycles. The highest BCUT2D eigenvalue weighted by Crippen LogP contribution is 2.45. The number of amides is 1. The smallest absolute Gasteiger partial charge is 0.249 e. The van der Waals surface area contributed by atoms with Gasteiger partial charge in [0, 0.05) is 16.2 Å². The number of methoxy groups -OCH3 is 2. The van der Waals surface area contributed by atoms with Crippen LogP contribution in [0.4, 0.5) is 5.69 Å². The first-order valence-corrected chi connectivity index (χ1v) is 8.77. The number of hydrogen-bond acceptors (Lipinski definition) is 5. The van der Waals surface area contributed by atoms with E-state index in [1.807, 2.05) is 0 Å². The first-order valence-electron chi connectivity index (χ1n) is 8.77. The molecule has 0 unspecified atom stereocenters. The fraction of sp³-hybridized carbons (Fsp3) is 0.350. The van der Waals surface area contributed by atoms with Crippen molar-refractivity contribution in [3.8, 4) is 11.5 Å². The first-order chi connectivity index (χ1) is 13.0. The summed E-state index contributed by atoms with van der Waals surface area (Å²) in [6.07, 6.45) is 0.392. The maximum absolute atomic E-state index is 13.1. The molecule has 7 heteroatoms. The van der Waals surface area contributed by atoms with Gasteiger partial charge >= 0.3 is 0 Å². The summed E-state index contributed by atoms with van der Waals surface area (Å²) in [6.45, 7) is 1.80. The number of benzene rings is 2. The standard InChI is InChI=1S/C20H22N2O5/c1-4-15-19(22(24)25)18(16-7-5-6-8-17(16)27-3)21(20(15)23)13-9-11-14(26-2)12-10-13/h5-12,15,18-19H,4H2,1-3H3/t15-,18+,19-/m0/s1. The molecule has 3 atom stereocenters. The summed E-state index contributed by atoms with van der Waals surface area (Å²) in [5.41, 5.74) is 1.22. The second kappa shape index (κ2) is 7.65. The van der Waals surface area contributed by atoms with Crippen molar-refractivity contribution in [3.05, 3.63) is 64.2 Å². The predicted octanol–water partition coefficient (Wildman–Crippen LogP) is 3.46. The van der Waals surface area contributed by atoms with Crippen molar-refractivity contribution in [2.75, 3.05) is 19.1 Å². The third-order valence-electron chi connectivity index (χ3n) is 5.06. The number of para-hydroxylation sites is 1. The van der Waals surface area contributed by atoms with Crippen LogP contribution in [-0.2, 0) is 4.79 Å². The van der Waals surface area contributed by atoms with E-state index < -0.39 is 18.0 Å². The van der Waals surface area contributed by atoms with Gasteiger partial charge in [-0.1, -0.05) is 25.1 Å². The number of carbonyl (C=O) groups is 1. The fourth-order valence-corrected chi connectivity index (χ4v) is 3.78. The van der Waals surface area contributed by atoms with Crippen LogP contribution in [0.3, 0.4) is 0 Å². The van der Waals surface area contributed by atoms with E-state index in [9.17, 15) is 14.9 Å². The minimum Gasteiger partial charge on any atom is -0.497 e. The highest BCUT2D eigenvalue weighted by molar-refractivity contribution is 5.99. The van der Waals surface area contributed by atoms with Crippen LogP contribution in [0.2, 0.25) is 0 Å². The lowest BCUT2D eigenvalue weighted by Crippen LogP contribution is -2.33. The molecule has 3 rings (SSSR count). The van der Waals surface area contributed by atoms with E-state index in [0.29, 0.717) is 29.2 Å². The highest BCUT2D eigenvalue weighted by Gasteiger charge is 2.56. The normalized spacial score (nSPS) is 22.0. The summed E-state index contributed by atoms with van der Waals surface area (Å²) >= 11 is 0. The Balaban J connectivity index is 2.17. The zero-order valence-corrected chi connectivity index (χ0v) is 15.5. The molecule has 0 bridgehead atoms.